The highest BCUT2D eigenvalue weighted by Crippen LogP contribution is 2.22. The third-order valence-corrected chi connectivity index (χ3v) is 2.93. The molecule has 1 amide bonds. The van der Waals surface area contributed by atoms with Gasteiger partial charge in [-0.2, -0.15) is 8.78 Å². The number of carbonyl (C=O) groups excluding carboxylic acids is 1. The second-order valence-corrected chi connectivity index (χ2v) is 4.78. The lowest BCUT2D eigenvalue weighted by Gasteiger charge is -2.10. The highest BCUT2D eigenvalue weighted by molar-refractivity contribution is 5.94. The number of benzene rings is 2. The van der Waals surface area contributed by atoms with Crippen LogP contribution in [0.15, 0.2) is 48.5 Å². The minimum absolute atomic E-state index is 0.0279. The molecule has 2 rings (SSSR count). The number of hydrogen-bond donors (Lipinski definition) is 1. The summed E-state index contributed by atoms with van der Waals surface area (Å²) in [6.45, 7) is -2.93. The van der Waals surface area contributed by atoms with Gasteiger partial charge in [-0.3, -0.25) is 4.79 Å². The minimum Gasteiger partial charge on any atom is -0.435 e. The van der Waals surface area contributed by atoms with Gasteiger partial charge in [-0.15, -0.1) is 13.2 Å². The van der Waals surface area contributed by atoms with Crippen LogP contribution in [0.4, 0.5) is 22.0 Å². The monoisotopic (exact) mass is 361 g/mol. The average molecular weight is 361 g/mol. The van der Waals surface area contributed by atoms with E-state index in [-0.39, 0.29) is 17.9 Å². The zero-order chi connectivity index (χ0) is 18.4. The van der Waals surface area contributed by atoms with Crippen molar-refractivity contribution in [1.82, 2.24) is 5.32 Å². The van der Waals surface area contributed by atoms with Gasteiger partial charge in [0.05, 0.1) is 0 Å². The summed E-state index contributed by atoms with van der Waals surface area (Å²) < 4.78 is 68.4. The highest BCUT2D eigenvalue weighted by Gasteiger charge is 2.31. The van der Waals surface area contributed by atoms with Crippen LogP contribution in [0.25, 0.3) is 0 Å². The molecule has 0 bridgehead atoms. The first-order valence-electron chi connectivity index (χ1n) is 6.91. The fourth-order valence-electron chi connectivity index (χ4n) is 1.92. The SMILES string of the molecule is O=C(NCc1cccc(OC(F)F)c1)c1ccc(OC(F)(F)F)cc1. The van der Waals surface area contributed by atoms with Gasteiger partial charge in [-0.25, -0.2) is 0 Å². The standard InChI is InChI=1S/C16H12F5NO3/c17-15(18)24-13-3-1-2-10(8-13)9-22-14(23)11-4-6-12(7-5-11)25-16(19,20)21/h1-8,15H,9H2,(H,22,23). The molecular formula is C16H12F5NO3. The van der Waals surface area contributed by atoms with Gasteiger partial charge in [0.25, 0.3) is 5.91 Å². The second kappa shape index (κ2) is 7.82. The third-order valence-electron chi connectivity index (χ3n) is 2.93. The molecular weight excluding hydrogens is 349 g/mol. The fourth-order valence-corrected chi connectivity index (χ4v) is 1.92. The van der Waals surface area contributed by atoms with Crippen molar-refractivity contribution in [1.29, 1.82) is 0 Å². The van der Waals surface area contributed by atoms with Crippen molar-refractivity contribution in [3.8, 4) is 11.5 Å². The van der Waals surface area contributed by atoms with Crippen molar-refractivity contribution in [3.05, 3.63) is 59.7 Å². The zero-order valence-corrected chi connectivity index (χ0v) is 12.5. The van der Waals surface area contributed by atoms with Crippen LogP contribution in [0.2, 0.25) is 0 Å². The van der Waals surface area contributed by atoms with E-state index in [1.807, 2.05) is 0 Å². The molecule has 2 aromatic carbocycles. The maximum Gasteiger partial charge on any atom is 0.573 e. The summed E-state index contributed by atoms with van der Waals surface area (Å²) in [5.41, 5.74) is 0.637. The van der Waals surface area contributed by atoms with Crippen molar-refractivity contribution >= 4 is 5.91 Å². The Bertz CT molecular complexity index is 716. The Morgan fingerprint density at radius 1 is 1.04 bits per heavy atom. The van der Waals surface area contributed by atoms with Gasteiger partial charge in [-0.05, 0) is 42.0 Å². The van der Waals surface area contributed by atoms with E-state index in [1.54, 1.807) is 6.07 Å². The fraction of sp³-hybridized carbons (Fsp3) is 0.188. The second-order valence-electron chi connectivity index (χ2n) is 4.78. The summed E-state index contributed by atoms with van der Waals surface area (Å²) in [5.74, 6) is -1.03. The van der Waals surface area contributed by atoms with E-state index >= 15 is 0 Å². The van der Waals surface area contributed by atoms with Gasteiger partial charge in [0.1, 0.15) is 11.5 Å². The van der Waals surface area contributed by atoms with E-state index in [0.717, 1.165) is 12.1 Å². The normalized spacial score (nSPS) is 11.3. The lowest BCUT2D eigenvalue weighted by atomic mass is 10.2. The van der Waals surface area contributed by atoms with Crippen LogP contribution in [0.5, 0.6) is 11.5 Å². The van der Waals surface area contributed by atoms with Crippen LogP contribution in [-0.2, 0) is 6.54 Å². The van der Waals surface area contributed by atoms with E-state index in [1.165, 1.54) is 30.3 Å². The molecule has 0 aliphatic carbocycles. The highest BCUT2D eigenvalue weighted by atomic mass is 19.4. The number of nitrogens with one attached hydrogen (secondary N) is 1. The number of halogens is 5. The van der Waals surface area contributed by atoms with Gasteiger partial charge in [0, 0.05) is 12.1 Å². The van der Waals surface area contributed by atoms with Gasteiger partial charge in [0.15, 0.2) is 0 Å². The van der Waals surface area contributed by atoms with E-state index in [0.29, 0.717) is 5.56 Å². The Kier molecular flexibility index (Phi) is 5.79. The van der Waals surface area contributed by atoms with Crippen molar-refractivity contribution in [2.45, 2.75) is 19.5 Å². The molecule has 2 aromatic rings. The third kappa shape index (κ3) is 6.28. The van der Waals surface area contributed by atoms with Crippen LogP contribution in [-0.4, -0.2) is 18.9 Å². The predicted molar refractivity (Wildman–Crippen MR) is 77.4 cm³/mol. The van der Waals surface area contributed by atoms with Crippen molar-refractivity contribution in [2.24, 2.45) is 0 Å². The summed E-state index contributed by atoms with van der Waals surface area (Å²) in [4.78, 5) is 12.0. The first-order chi connectivity index (χ1) is 11.7. The molecule has 0 unspecified atom stereocenters. The zero-order valence-electron chi connectivity index (χ0n) is 12.5. The van der Waals surface area contributed by atoms with Crippen LogP contribution < -0.4 is 14.8 Å². The number of rotatable bonds is 6. The largest absolute Gasteiger partial charge is 0.573 e. The number of amides is 1. The minimum atomic E-state index is -4.81. The molecule has 4 nitrogen and oxygen atoms in total. The Balaban J connectivity index is 1.94. The Hall–Kier alpha value is -2.84. The summed E-state index contributed by atoms with van der Waals surface area (Å²) in [6.07, 6.45) is -4.81. The van der Waals surface area contributed by atoms with E-state index in [9.17, 15) is 26.7 Å². The molecule has 0 atom stereocenters. The molecule has 134 valence electrons. The smallest absolute Gasteiger partial charge is 0.435 e. The molecule has 0 saturated heterocycles. The summed E-state index contributed by atoms with van der Waals surface area (Å²) in [7, 11) is 0. The lowest BCUT2D eigenvalue weighted by Crippen LogP contribution is -2.23. The maximum absolute atomic E-state index is 12.2. The molecule has 0 saturated carbocycles. The van der Waals surface area contributed by atoms with Crippen LogP contribution in [0.3, 0.4) is 0 Å². The van der Waals surface area contributed by atoms with Gasteiger partial charge in [-0.1, -0.05) is 12.1 Å². The molecule has 0 heterocycles. The predicted octanol–water partition coefficient (Wildman–Crippen LogP) is 4.12. The first-order valence-corrected chi connectivity index (χ1v) is 6.91. The van der Waals surface area contributed by atoms with Crippen LogP contribution >= 0.6 is 0 Å². The molecule has 0 spiro atoms. The van der Waals surface area contributed by atoms with Crippen LogP contribution in [0.1, 0.15) is 15.9 Å². The molecule has 9 heteroatoms. The van der Waals surface area contributed by atoms with E-state index in [4.69, 9.17) is 0 Å². The molecule has 0 fully saturated rings. The molecule has 0 aliphatic rings. The molecule has 0 radical (unpaired) electrons. The maximum atomic E-state index is 12.2. The first kappa shape index (κ1) is 18.5. The Morgan fingerprint density at radius 3 is 2.32 bits per heavy atom. The Morgan fingerprint density at radius 2 is 1.72 bits per heavy atom. The van der Waals surface area contributed by atoms with Crippen molar-refractivity contribution < 1.29 is 36.2 Å². The summed E-state index contributed by atoms with van der Waals surface area (Å²) >= 11 is 0. The number of alkyl halides is 5. The lowest BCUT2D eigenvalue weighted by molar-refractivity contribution is -0.274. The number of carbonyl (C=O) groups is 1. The van der Waals surface area contributed by atoms with E-state index in [2.05, 4.69) is 14.8 Å². The molecule has 1 N–H and O–H groups in total. The number of hydrogen-bond acceptors (Lipinski definition) is 3. The number of ether oxygens (including phenoxy) is 2. The van der Waals surface area contributed by atoms with Crippen molar-refractivity contribution in [3.63, 3.8) is 0 Å². The molecule has 0 aliphatic heterocycles. The quantitative estimate of drug-likeness (QED) is 0.788. The van der Waals surface area contributed by atoms with Gasteiger partial charge < -0.3 is 14.8 Å². The van der Waals surface area contributed by atoms with Gasteiger partial charge in [0.2, 0.25) is 0 Å². The van der Waals surface area contributed by atoms with Crippen molar-refractivity contribution in [2.75, 3.05) is 0 Å². The average Bonchev–Trinajstić information content (AvgIpc) is 2.51. The summed E-state index contributed by atoms with van der Waals surface area (Å²) in [6, 6.07) is 10.1. The molecule has 25 heavy (non-hydrogen) atoms. The summed E-state index contributed by atoms with van der Waals surface area (Å²) in [5, 5.41) is 2.52. The van der Waals surface area contributed by atoms with Gasteiger partial charge >= 0.3 is 13.0 Å². The van der Waals surface area contributed by atoms with E-state index < -0.39 is 24.6 Å². The topological polar surface area (TPSA) is 47.6 Å². The van der Waals surface area contributed by atoms with Crippen LogP contribution in [0, 0.1) is 0 Å². The molecule has 0 aromatic heterocycles. The Labute approximate surface area is 139 Å².